The van der Waals surface area contributed by atoms with Crippen LogP contribution in [0.3, 0.4) is 0 Å². The van der Waals surface area contributed by atoms with E-state index in [2.05, 4.69) is 32.9 Å². The molecular weight excluding hydrogens is 212 g/mol. The Balaban J connectivity index is 3.28. The minimum atomic E-state index is -0.735. The van der Waals surface area contributed by atoms with E-state index in [0.717, 1.165) is 11.1 Å². The summed E-state index contributed by atoms with van der Waals surface area (Å²) >= 11 is 0. The van der Waals surface area contributed by atoms with Crippen LogP contribution in [0, 0.1) is 6.92 Å². The summed E-state index contributed by atoms with van der Waals surface area (Å²) in [6.07, 6.45) is 0.629. The van der Waals surface area contributed by atoms with Gasteiger partial charge in [0.05, 0.1) is 5.92 Å². The summed E-state index contributed by atoms with van der Waals surface area (Å²) in [4.78, 5) is 11.2. The van der Waals surface area contributed by atoms with Crippen molar-refractivity contribution in [3.63, 3.8) is 0 Å². The lowest BCUT2D eigenvalue weighted by Crippen LogP contribution is -2.16. The number of hydrogen-bond donors (Lipinski definition) is 1. The van der Waals surface area contributed by atoms with Crippen molar-refractivity contribution in [2.75, 3.05) is 0 Å². The minimum Gasteiger partial charge on any atom is -0.481 e. The van der Waals surface area contributed by atoms with Crippen LogP contribution in [-0.4, -0.2) is 11.1 Å². The maximum Gasteiger partial charge on any atom is 0.310 e. The van der Waals surface area contributed by atoms with E-state index in [9.17, 15) is 9.90 Å². The van der Waals surface area contributed by atoms with Gasteiger partial charge in [-0.1, -0.05) is 45.9 Å². The Morgan fingerprint density at radius 2 is 1.94 bits per heavy atom. The van der Waals surface area contributed by atoms with E-state index in [1.807, 2.05) is 19.9 Å². The number of aliphatic carboxylic acids is 1. The van der Waals surface area contributed by atoms with E-state index in [-0.39, 0.29) is 5.41 Å². The Morgan fingerprint density at radius 3 is 2.35 bits per heavy atom. The van der Waals surface area contributed by atoms with Gasteiger partial charge in [0.15, 0.2) is 0 Å². The van der Waals surface area contributed by atoms with Gasteiger partial charge in [0.2, 0.25) is 0 Å². The quantitative estimate of drug-likeness (QED) is 0.862. The van der Waals surface area contributed by atoms with Crippen LogP contribution >= 0.6 is 0 Å². The molecule has 1 aromatic carbocycles. The van der Waals surface area contributed by atoms with Gasteiger partial charge in [0, 0.05) is 0 Å². The lowest BCUT2D eigenvalue weighted by molar-refractivity contribution is -0.138. The highest BCUT2D eigenvalue weighted by Crippen LogP contribution is 2.29. The third-order valence-electron chi connectivity index (χ3n) is 3.23. The number of aryl methyl sites for hydroxylation is 1. The molecule has 1 atom stereocenters. The predicted octanol–water partition coefficient (Wildman–Crippen LogP) is 3.87. The topological polar surface area (TPSA) is 37.3 Å². The van der Waals surface area contributed by atoms with Gasteiger partial charge in [-0.05, 0) is 35.4 Å². The van der Waals surface area contributed by atoms with Crippen LogP contribution in [0.1, 0.15) is 56.7 Å². The van der Waals surface area contributed by atoms with Crippen LogP contribution in [0.25, 0.3) is 0 Å². The second-order valence-corrected chi connectivity index (χ2v) is 5.62. The molecule has 0 aliphatic rings. The summed E-state index contributed by atoms with van der Waals surface area (Å²) in [5.41, 5.74) is 3.26. The normalized spacial score (nSPS) is 13.5. The fourth-order valence-electron chi connectivity index (χ4n) is 2.01. The number of carboxylic acids is 1. The molecule has 1 unspecified atom stereocenters. The van der Waals surface area contributed by atoms with Gasteiger partial charge in [0.1, 0.15) is 0 Å². The first-order chi connectivity index (χ1) is 7.77. The largest absolute Gasteiger partial charge is 0.481 e. The molecule has 0 aromatic heterocycles. The Hall–Kier alpha value is -1.31. The predicted molar refractivity (Wildman–Crippen MR) is 70.5 cm³/mol. The average molecular weight is 234 g/mol. The summed E-state index contributed by atoms with van der Waals surface area (Å²) in [7, 11) is 0. The third-order valence-corrected chi connectivity index (χ3v) is 3.23. The fraction of sp³-hybridized carbons (Fsp3) is 0.533. The third kappa shape index (κ3) is 3.09. The molecule has 1 aromatic rings. The highest BCUT2D eigenvalue weighted by molar-refractivity contribution is 5.76. The van der Waals surface area contributed by atoms with Gasteiger partial charge in [-0.3, -0.25) is 4.79 Å². The maximum absolute atomic E-state index is 11.2. The van der Waals surface area contributed by atoms with E-state index < -0.39 is 11.9 Å². The SMILES string of the molecule is CCC(C(=O)O)c1cc(C(C)(C)C)ccc1C. The van der Waals surface area contributed by atoms with Crippen molar-refractivity contribution in [2.45, 2.75) is 52.4 Å². The molecule has 94 valence electrons. The van der Waals surface area contributed by atoms with E-state index in [4.69, 9.17) is 0 Å². The summed E-state index contributed by atoms with van der Waals surface area (Å²) in [6, 6.07) is 6.17. The molecule has 2 nitrogen and oxygen atoms in total. The summed E-state index contributed by atoms with van der Waals surface area (Å²) in [5.74, 6) is -1.13. The van der Waals surface area contributed by atoms with Crippen molar-refractivity contribution in [2.24, 2.45) is 0 Å². The highest BCUT2D eigenvalue weighted by atomic mass is 16.4. The zero-order valence-corrected chi connectivity index (χ0v) is 11.4. The van der Waals surface area contributed by atoms with Gasteiger partial charge in [-0.15, -0.1) is 0 Å². The molecule has 2 heteroatoms. The Kier molecular flexibility index (Phi) is 3.97. The molecule has 0 amide bonds. The molecule has 17 heavy (non-hydrogen) atoms. The number of benzene rings is 1. The van der Waals surface area contributed by atoms with Gasteiger partial charge in [0.25, 0.3) is 0 Å². The van der Waals surface area contributed by atoms with Gasteiger partial charge in [-0.2, -0.15) is 0 Å². The molecule has 0 aliphatic carbocycles. The molecule has 1 rings (SSSR count). The maximum atomic E-state index is 11.2. The molecule has 0 bridgehead atoms. The zero-order valence-electron chi connectivity index (χ0n) is 11.4. The molecule has 0 fully saturated rings. The van der Waals surface area contributed by atoms with Gasteiger partial charge < -0.3 is 5.11 Å². The number of carboxylic acid groups (broad SMARTS) is 1. The fourth-order valence-corrected chi connectivity index (χ4v) is 2.01. The van der Waals surface area contributed by atoms with E-state index in [1.54, 1.807) is 0 Å². The minimum absolute atomic E-state index is 0.0548. The smallest absolute Gasteiger partial charge is 0.310 e. The zero-order chi connectivity index (χ0) is 13.2. The second-order valence-electron chi connectivity index (χ2n) is 5.62. The standard InChI is InChI=1S/C15H22O2/c1-6-12(14(16)17)13-9-11(15(3,4)5)8-7-10(13)2/h7-9,12H,6H2,1-5H3,(H,16,17). The Bertz CT molecular complexity index is 413. The highest BCUT2D eigenvalue weighted by Gasteiger charge is 2.22. The molecule has 0 heterocycles. The van der Waals surface area contributed by atoms with Crippen molar-refractivity contribution in [3.05, 3.63) is 34.9 Å². The molecule has 0 radical (unpaired) electrons. The van der Waals surface area contributed by atoms with Crippen LogP contribution in [0.5, 0.6) is 0 Å². The van der Waals surface area contributed by atoms with Crippen molar-refractivity contribution in [3.8, 4) is 0 Å². The van der Waals surface area contributed by atoms with Crippen LogP contribution in [-0.2, 0) is 10.2 Å². The molecular formula is C15H22O2. The average Bonchev–Trinajstić information content (AvgIpc) is 2.19. The van der Waals surface area contributed by atoms with E-state index in [0.29, 0.717) is 6.42 Å². The number of rotatable bonds is 3. The first-order valence-electron chi connectivity index (χ1n) is 6.11. The van der Waals surface area contributed by atoms with Gasteiger partial charge in [-0.25, -0.2) is 0 Å². The first-order valence-corrected chi connectivity index (χ1v) is 6.11. The van der Waals surface area contributed by atoms with Crippen LogP contribution in [0.4, 0.5) is 0 Å². The van der Waals surface area contributed by atoms with Crippen molar-refractivity contribution >= 4 is 5.97 Å². The van der Waals surface area contributed by atoms with Crippen LogP contribution in [0.2, 0.25) is 0 Å². The second kappa shape index (κ2) is 4.91. The summed E-state index contributed by atoms with van der Waals surface area (Å²) in [6.45, 7) is 10.3. The molecule has 0 saturated heterocycles. The lowest BCUT2D eigenvalue weighted by Gasteiger charge is -2.22. The summed E-state index contributed by atoms with van der Waals surface area (Å²) in [5, 5.41) is 9.24. The Morgan fingerprint density at radius 1 is 1.35 bits per heavy atom. The van der Waals surface area contributed by atoms with Crippen molar-refractivity contribution in [1.29, 1.82) is 0 Å². The van der Waals surface area contributed by atoms with Crippen molar-refractivity contribution < 1.29 is 9.90 Å². The monoisotopic (exact) mass is 234 g/mol. The van der Waals surface area contributed by atoms with Crippen molar-refractivity contribution in [1.82, 2.24) is 0 Å². The number of hydrogen-bond acceptors (Lipinski definition) is 1. The van der Waals surface area contributed by atoms with E-state index >= 15 is 0 Å². The molecule has 0 saturated carbocycles. The lowest BCUT2D eigenvalue weighted by atomic mass is 9.82. The Labute approximate surface area is 104 Å². The molecule has 0 aliphatic heterocycles. The summed E-state index contributed by atoms with van der Waals surface area (Å²) < 4.78 is 0. The first kappa shape index (κ1) is 13.8. The molecule has 0 spiro atoms. The molecule has 1 N–H and O–H groups in total. The van der Waals surface area contributed by atoms with E-state index in [1.165, 1.54) is 5.56 Å². The number of carbonyl (C=O) groups is 1. The van der Waals surface area contributed by atoms with Crippen LogP contribution in [0.15, 0.2) is 18.2 Å². The van der Waals surface area contributed by atoms with Crippen LogP contribution < -0.4 is 0 Å². The van der Waals surface area contributed by atoms with Gasteiger partial charge >= 0.3 is 5.97 Å².